The first-order chi connectivity index (χ1) is 14.9. The largest absolute Gasteiger partial charge is 0.332 e. The third-order valence-electron chi connectivity index (χ3n) is 4.28. The highest BCUT2D eigenvalue weighted by atomic mass is 32.1. The number of hydrogen-bond acceptors (Lipinski definition) is 8. The summed E-state index contributed by atoms with van der Waals surface area (Å²) in [4.78, 5) is 37.8. The Labute approximate surface area is 178 Å². The number of non-ortho nitro benzene ring substituents is 2. The summed E-state index contributed by atoms with van der Waals surface area (Å²) in [5.74, 6) is -0.718. The lowest BCUT2D eigenvalue weighted by atomic mass is 10.1. The van der Waals surface area contributed by atoms with Crippen LogP contribution in [0.25, 0.3) is 10.2 Å². The molecule has 0 aliphatic rings. The predicted molar refractivity (Wildman–Crippen MR) is 117 cm³/mol. The first-order valence-electron chi connectivity index (χ1n) is 8.87. The smallest absolute Gasteiger partial charge is 0.277 e. The van der Waals surface area contributed by atoms with Gasteiger partial charge < -0.3 is 10.6 Å². The molecule has 11 heteroatoms. The zero-order chi connectivity index (χ0) is 22.0. The lowest BCUT2D eigenvalue weighted by Crippen LogP contribution is -2.13. The van der Waals surface area contributed by atoms with E-state index in [0.717, 1.165) is 28.6 Å². The fourth-order valence-corrected chi connectivity index (χ4v) is 3.79. The number of para-hydroxylation sites is 2. The van der Waals surface area contributed by atoms with E-state index in [9.17, 15) is 25.0 Å². The molecule has 2 N–H and O–H groups in total. The van der Waals surface area contributed by atoms with Crippen molar-refractivity contribution in [1.82, 2.24) is 4.98 Å². The molecule has 0 atom stereocenters. The van der Waals surface area contributed by atoms with Crippen molar-refractivity contribution in [2.24, 2.45) is 0 Å². The fourth-order valence-electron chi connectivity index (χ4n) is 2.88. The lowest BCUT2D eigenvalue weighted by Gasteiger charge is -2.06. The highest BCUT2D eigenvalue weighted by molar-refractivity contribution is 7.22. The number of anilines is 3. The van der Waals surface area contributed by atoms with E-state index in [4.69, 9.17) is 0 Å². The van der Waals surface area contributed by atoms with Crippen molar-refractivity contribution >= 4 is 55.3 Å². The Morgan fingerprint density at radius 3 is 2.23 bits per heavy atom. The van der Waals surface area contributed by atoms with Gasteiger partial charge in [0, 0.05) is 17.8 Å². The summed E-state index contributed by atoms with van der Waals surface area (Å²) in [6, 6.07) is 17.5. The van der Waals surface area contributed by atoms with Crippen LogP contribution < -0.4 is 10.6 Å². The SMILES string of the molecule is O=C(Nc1cccc2sc(Nc3ccccc3)nc12)c1cc([N+](=O)[O-])cc([N+](=O)[O-])c1. The van der Waals surface area contributed by atoms with Crippen molar-refractivity contribution in [2.45, 2.75) is 0 Å². The van der Waals surface area contributed by atoms with E-state index in [1.54, 1.807) is 12.1 Å². The number of carbonyl (C=O) groups is 1. The molecule has 0 saturated carbocycles. The van der Waals surface area contributed by atoms with Gasteiger partial charge in [0.15, 0.2) is 5.13 Å². The van der Waals surface area contributed by atoms with Crippen LogP contribution in [0.3, 0.4) is 0 Å². The van der Waals surface area contributed by atoms with E-state index in [-0.39, 0.29) is 5.56 Å². The van der Waals surface area contributed by atoms with Gasteiger partial charge in [-0.05, 0) is 24.3 Å². The molecule has 0 aliphatic heterocycles. The number of nitro groups is 2. The molecule has 1 heterocycles. The average Bonchev–Trinajstić information content (AvgIpc) is 3.17. The Kier molecular flexibility index (Phi) is 5.24. The van der Waals surface area contributed by atoms with Crippen LogP contribution in [-0.4, -0.2) is 20.7 Å². The molecule has 0 spiro atoms. The molecule has 0 unspecified atom stereocenters. The lowest BCUT2D eigenvalue weighted by molar-refractivity contribution is -0.394. The van der Waals surface area contributed by atoms with Crippen molar-refractivity contribution in [1.29, 1.82) is 0 Å². The van der Waals surface area contributed by atoms with Gasteiger partial charge in [-0.3, -0.25) is 25.0 Å². The number of fused-ring (bicyclic) bond motifs is 1. The van der Waals surface area contributed by atoms with Crippen LogP contribution in [0.15, 0.2) is 66.7 Å². The molecule has 0 fully saturated rings. The summed E-state index contributed by atoms with van der Waals surface area (Å²) in [5, 5.41) is 28.6. The molecule has 0 saturated heterocycles. The van der Waals surface area contributed by atoms with Gasteiger partial charge in [-0.15, -0.1) is 0 Å². The van der Waals surface area contributed by atoms with E-state index >= 15 is 0 Å². The summed E-state index contributed by atoms with van der Waals surface area (Å²) in [6.07, 6.45) is 0. The molecular formula is C20H13N5O5S. The molecule has 0 aliphatic carbocycles. The molecule has 3 aromatic carbocycles. The zero-order valence-electron chi connectivity index (χ0n) is 15.6. The monoisotopic (exact) mass is 435 g/mol. The Morgan fingerprint density at radius 1 is 0.903 bits per heavy atom. The molecule has 0 bridgehead atoms. The van der Waals surface area contributed by atoms with Gasteiger partial charge in [0.25, 0.3) is 17.3 Å². The van der Waals surface area contributed by atoms with Crippen molar-refractivity contribution in [2.75, 3.05) is 10.6 Å². The molecule has 10 nitrogen and oxygen atoms in total. The first-order valence-corrected chi connectivity index (χ1v) is 9.69. The summed E-state index contributed by atoms with van der Waals surface area (Å²) < 4.78 is 0.807. The number of nitrogens with one attached hydrogen (secondary N) is 2. The normalized spacial score (nSPS) is 10.6. The molecular weight excluding hydrogens is 422 g/mol. The van der Waals surface area contributed by atoms with Gasteiger partial charge in [-0.25, -0.2) is 4.98 Å². The fraction of sp³-hybridized carbons (Fsp3) is 0. The third kappa shape index (κ3) is 4.31. The number of amides is 1. The summed E-state index contributed by atoms with van der Waals surface area (Å²) in [6.45, 7) is 0. The second-order valence-corrected chi connectivity index (χ2v) is 7.40. The average molecular weight is 435 g/mol. The highest BCUT2D eigenvalue weighted by Crippen LogP contribution is 2.33. The van der Waals surface area contributed by atoms with Crippen molar-refractivity contribution < 1.29 is 14.6 Å². The van der Waals surface area contributed by atoms with E-state index < -0.39 is 27.1 Å². The zero-order valence-corrected chi connectivity index (χ0v) is 16.5. The van der Waals surface area contributed by atoms with Gasteiger partial charge in [0.05, 0.1) is 31.9 Å². The van der Waals surface area contributed by atoms with Crippen LogP contribution in [0, 0.1) is 20.2 Å². The third-order valence-corrected chi connectivity index (χ3v) is 5.21. The number of nitrogens with zero attached hydrogens (tertiary/aromatic N) is 3. The second kappa shape index (κ2) is 8.16. The summed E-state index contributed by atoms with van der Waals surface area (Å²) in [7, 11) is 0. The van der Waals surface area contributed by atoms with Crippen LogP contribution in [0.2, 0.25) is 0 Å². The molecule has 4 rings (SSSR count). The standard InChI is InChI=1S/C20H13N5O5S/c26-19(12-9-14(24(27)28)11-15(10-12)25(29)30)22-16-7-4-8-17-18(16)23-20(31-17)21-13-5-2-1-3-6-13/h1-11H,(H,21,23)(H,22,26). The van der Waals surface area contributed by atoms with Crippen molar-refractivity contribution in [3.8, 4) is 0 Å². The number of rotatable bonds is 6. The van der Waals surface area contributed by atoms with Gasteiger partial charge in [0.1, 0.15) is 5.52 Å². The van der Waals surface area contributed by atoms with Crippen LogP contribution in [0.4, 0.5) is 27.9 Å². The van der Waals surface area contributed by atoms with E-state index in [1.807, 2.05) is 36.4 Å². The van der Waals surface area contributed by atoms with Gasteiger partial charge >= 0.3 is 0 Å². The summed E-state index contributed by atoms with van der Waals surface area (Å²) >= 11 is 1.39. The first kappa shape index (κ1) is 19.9. The Bertz CT molecular complexity index is 1290. The van der Waals surface area contributed by atoms with Gasteiger partial charge in [-0.1, -0.05) is 35.6 Å². The Balaban J connectivity index is 1.65. The Morgan fingerprint density at radius 2 is 1.58 bits per heavy atom. The van der Waals surface area contributed by atoms with E-state index in [1.165, 1.54) is 11.3 Å². The van der Waals surface area contributed by atoms with Crippen LogP contribution >= 0.6 is 11.3 Å². The Hall–Kier alpha value is -4.38. The molecule has 1 aromatic heterocycles. The number of benzene rings is 3. The molecule has 0 radical (unpaired) electrons. The predicted octanol–water partition coefficient (Wildman–Crippen LogP) is 5.11. The maximum atomic E-state index is 12.7. The minimum absolute atomic E-state index is 0.198. The minimum atomic E-state index is -0.785. The molecule has 1 amide bonds. The van der Waals surface area contributed by atoms with Crippen LogP contribution in [0.1, 0.15) is 10.4 Å². The van der Waals surface area contributed by atoms with Crippen molar-refractivity contribution in [3.05, 3.63) is 92.5 Å². The highest BCUT2D eigenvalue weighted by Gasteiger charge is 2.20. The van der Waals surface area contributed by atoms with E-state index in [2.05, 4.69) is 15.6 Å². The van der Waals surface area contributed by atoms with Crippen LogP contribution in [0.5, 0.6) is 0 Å². The van der Waals surface area contributed by atoms with Gasteiger partial charge in [0.2, 0.25) is 0 Å². The van der Waals surface area contributed by atoms with Gasteiger partial charge in [-0.2, -0.15) is 0 Å². The number of thiazole rings is 1. The van der Waals surface area contributed by atoms with Crippen molar-refractivity contribution in [3.63, 3.8) is 0 Å². The molecule has 154 valence electrons. The molecule has 31 heavy (non-hydrogen) atoms. The second-order valence-electron chi connectivity index (χ2n) is 6.37. The maximum Gasteiger partial charge on any atom is 0.277 e. The number of nitro benzene ring substituents is 2. The van der Waals surface area contributed by atoms with Crippen LogP contribution in [-0.2, 0) is 0 Å². The van der Waals surface area contributed by atoms with E-state index in [0.29, 0.717) is 16.3 Å². The number of hydrogen-bond donors (Lipinski definition) is 2. The maximum absolute atomic E-state index is 12.7. The minimum Gasteiger partial charge on any atom is -0.332 e. The quantitative estimate of drug-likeness (QED) is 0.317. The number of carbonyl (C=O) groups excluding carboxylic acids is 1. The molecule has 4 aromatic rings. The summed E-state index contributed by atoms with van der Waals surface area (Å²) in [5.41, 5.74) is 0.487. The number of aromatic nitrogens is 1. The topological polar surface area (TPSA) is 140 Å².